The molecule has 4 N–H and O–H groups in total. The third kappa shape index (κ3) is 2.98. The standard InChI is InChI=1S/C36H44N4/c1-2-18-33(17-1)25-9-11-27(37-25)34(19-3-4-20-34)29-13-15-31(39-29)36(23-7-8-24-36)32-16-14-30(40-32)35(21-5-6-22-35)28-12-10-26(33)38-28/h9-16,37-40H,1-8,17-24H2. The van der Waals surface area contributed by atoms with Gasteiger partial charge in [-0.2, -0.15) is 0 Å². The predicted octanol–water partition coefficient (Wildman–Crippen LogP) is 8.75. The quantitative estimate of drug-likeness (QED) is 0.175. The third-order valence-electron chi connectivity index (χ3n) is 12.7. The van der Waals surface area contributed by atoms with Gasteiger partial charge in [0.1, 0.15) is 0 Å². The van der Waals surface area contributed by atoms with Gasteiger partial charge in [-0.1, -0.05) is 51.4 Å². The second kappa shape index (κ2) is 8.33. The van der Waals surface area contributed by atoms with Crippen LogP contribution in [0.4, 0.5) is 0 Å². The second-order valence-corrected chi connectivity index (χ2v) is 14.3. The van der Waals surface area contributed by atoms with E-state index in [-0.39, 0.29) is 21.7 Å². The van der Waals surface area contributed by atoms with Gasteiger partial charge in [-0.05, 0) is 99.9 Å². The lowest BCUT2D eigenvalue weighted by atomic mass is 9.79. The monoisotopic (exact) mass is 532 g/mol. The molecule has 4 fully saturated rings. The van der Waals surface area contributed by atoms with Crippen LogP contribution in [0.5, 0.6) is 0 Å². The van der Waals surface area contributed by atoms with E-state index in [0.29, 0.717) is 0 Å². The van der Waals surface area contributed by atoms with Crippen LogP contribution >= 0.6 is 0 Å². The fourth-order valence-corrected chi connectivity index (χ4v) is 10.5. The second-order valence-electron chi connectivity index (χ2n) is 14.3. The van der Waals surface area contributed by atoms with Gasteiger partial charge in [-0.15, -0.1) is 0 Å². The normalized spacial score (nSPS) is 25.2. The van der Waals surface area contributed by atoms with Crippen LogP contribution in [-0.4, -0.2) is 19.9 Å². The van der Waals surface area contributed by atoms with Crippen molar-refractivity contribution in [2.45, 2.75) is 124 Å². The average molecular weight is 533 g/mol. The SMILES string of the molecule is c1cc2[nH]c1C1(CCCC1)c1ccc([nH]1)C1(CCCC1)c1ccc([nH]1)C1(CCCC1)c1ccc([nH]1)C21CCCC1. The van der Waals surface area contributed by atoms with Crippen LogP contribution in [0.2, 0.25) is 0 Å². The maximum atomic E-state index is 4.14. The summed E-state index contributed by atoms with van der Waals surface area (Å²) in [5.41, 5.74) is 11.8. The molecule has 4 heteroatoms. The zero-order valence-electron chi connectivity index (χ0n) is 23.9. The zero-order valence-corrected chi connectivity index (χ0v) is 23.9. The van der Waals surface area contributed by atoms with Crippen molar-refractivity contribution >= 4 is 0 Å². The van der Waals surface area contributed by atoms with Gasteiger partial charge < -0.3 is 19.9 Å². The summed E-state index contributed by atoms with van der Waals surface area (Å²) in [6, 6.07) is 19.7. The van der Waals surface area contributed by atoms with E-state index < -0.39 is 0 Å². The van der Waals surface area contributed by atoms with E-state index in [9.17, 15) is 0 Å². The van der Waals surface area contributed by atoms with Crippen LogP contribution in [-0.2, 0) is 21.7 Å². The predicted molar refractivity (Wildman–Crippen MR) is 160 cm³/mol. The first-order valence-electron chi connectivity index (χ1n) is 16.5. The molecule has 4 aromatic heterocycles. The van der Waals surface area contributed by atoms with Crippen molar-refractivity contribution < 1.29 is 0 Å². The van der Waals surface area contributed by atoms with Crippen LogP contribution in [0.3, 0.4) is 0 Å². The molecule has 5 aliphatic rings. The van der Waals surface area contributed by atoms with Crippen molar-refractivity contribution in [2.75, 3.05) is 0 Å². The molecule has 9 rings (SSSR count). The molecule has 5 heterocycles. The molecule has 4 saturated carbocycles. The minimum atomic E-state index is 0.0723. The lowest BCUT2D eigenvalue weighted by molar-refractivity contribution is 0.461. The molecule has 0 atom stereocenters. The minimum absolute atomic E-state index is 0.0723. The van der Waals surface area contributed by atoms with Gasteiger partial charge in [0.25, 0.3) is 0 Å². The van der Waals surface area contributed by atoms with Gasteiger partial charge >= 0.3 is 0 Å². The highest BCUT2D eigenvalue weighted by Gasteiger charge is 2.48. The maximum absolute atomic E-state index is 4.14. The smallest absolute Gasteiger partial charge is 0.0503 e. The number of hydrogen-bond donors (Lipinski definition) is 4. The lowest BCUT2D eigenvalue weighted by Crippen LogP contribution is -2.30. The van der Waals surface area contributed by atoms with E-state index in [1.54, 1.807) is 0 Å². The molecule has 0 radical (unpaired) electrons. The van der Waals surface area contributed by atoms with E-state index in [1.165, 1.54) is 148 Å². The first-order valence-corrected chi connectivity index (χ1v) is 16.5. The Labute approximate surface area is 238 Å². The number of hydrogen-bond acceptors (Lipinski definition) is 0. The zero-order chi connectivity index (χ0) is 26.4. The Morgan fingerprint density at radius 3 is 0.575 bits per heavy atom. The van der Waals surface area contributed by atoms with Gasteiger partial charge in [0.05, 0.1) is 21.7 Å². The Bertz CT molecular complexity index is 1220. The van der Waals surface area contributed by atoms with Crippen LogP contribution in [0.1, 0.15) is 148 Å². The van der Waals surface area contributed by atoms with E-state index in [1.807, 2.05) is 0 Å². The fraction of sp³-hybridized carbons (Fsp3) is 0.556. The third-order valence-corrected chi connectivity index (χ3v) is 12.7. The van der Waals surface area contributed by atoms with Crippen LogP contribution < -0.4 is 0 Å². The van der Waals surface area contributed by atoms with Gasteiger partial charge in [-0.3, -0.25) is 0 Å². The summed E-state index contributed by atoms with van der Waals surface area (Å²) in [5, 5.41) is 0. The Hall–Kier alpha value is -2.88. The van der Waals surface area contributed by atoms with E-state index in [0.717, 1.165) is 0 Å². The van der Waals surface area contributed by atoms with Gasteiger partial charge in [-0.25, -0.2) is 0 Å². The number of fused-ring (bicyclic) bond motifs is 16. The summed E-state index contributed by atoms with van der Waals surface area (Å²) in [6.45, 7) is 0. The van der Waals surface area contributed by atoms with E-state index in [2.05, 4.69) is 68.5 Å². The van der Waals surface area contributed by atoms with E-state index in [4.69, 9.17) is 0 Å². The van der Waals surface area contributed by atoms with Gasteiger partial charge in [0.2, 0.25) is 0 Å². The molecule has 4 spiro atoms. The maximum Gasteiger partial charge on any atom is 0.0503 e. The Kier molecular flexibility index (Phi) is 4.96. The van der Waals surface area contributed by atoms with Crippen LogP contribution in [0.15, 0.2) is 48.5 Å². The topological polar surface area (TPSA) is 63.2 Å². The molecular formula is C36H44N4. The summed E-state index contributed by atoms with van der Waals surface area (Å²) >= 11 is 0. The highest BCUT2D eigenvalue weighted by atomic mass is 14.9. The Morgan fingerprint density at radius 2 is 0.425 bits per heavy atom. The van der Waals surface area contributed by atoms with Crippen molar-refractivity contribution in [1.82, 2.24) is 19.9 Å². The van der Waals surface area contributed by atoms with Crippen molar-refractivity contribution in [2.24, 2.45) is 0 Å². The van der Waals surface area contributed by atoms with E-state index >= 15 is 0 Å². The summed E-state index contributed by atoms with van der Waals surface area (Å²) in [4.78, 5) is 16.5. The number of nitrogens with one attached hydrogen (secondary N) is 4. The fourth-order valence-electron chi connectivity index (χ4n) is 10.5. The summed E-state index contributed by atoms with van der Waals surface area (Å²) in [5.74, 6) is 0. The van der Waals surface area contributed by atoms with Crippen molar-refractivity contribution in [3.63, 3.8) is 0 Å². The van der Waals surface area contributed by atoms with Crippen molar-refractivity contribution in [1.29, 1.82) is 0 Å². The molecule has 1 aliphatic heterocycles. The summed E-state index contributed by atoms with van der Waals surface area (Å²) in [6.07, 6.45) is 20.3. The molecule has 0 unspecified atom stereocenters. The summed E-state index contributed by atoms with van der Waals surface area (Å²) < 4.78 is 0. The lowest BCUT2D eigenvalue weighted by Gasteiger charge is -2.33. The van der Waals surface area contributed by atoms with Crippen molar-refractivity contribution in [3.05, 3.63) is 94.1 Å². The highest BCUT2D eigenvalue weighted by Crippen LogP contribution is 2.54. The molecule has 8 bridgehead atoms. The molecule has 4 aliphatic carbocycles. The minimum Gasteiger partial charge on any atom is -0.361 e. The van der Waals surface area contributed by atoms with Gasteiger partial charge in [0, 0.05) is 45.6 Å². The molecule has 208 valence electrons. The number of aromatic amines is 4. The number of rotatable bonds is 0. The molecule has 40 heavy (non-hydrogen) atoms. The average Bonchev–Trinajstić information content (AvgIpc) is 3.85. The first kappa shape index (κ1) is 23.8. The number of aromatic nitrogens is 4. The molecular weight excluding hydrogens is 488 g/mol. The van der Waals surface area contributed by atoms with Crippen molar-refractivity contribution in [3.8, 4) is 0 Å². The molecule has 4 nitrogen and oxygen atoms in total. The Morgan fingerprint density at radius 1 is 0.275 bits per heavy atom. The van der Waals surface area contributed by atoms with Gasteiger partial charge in [0.15, 0.2) is 0 Å². The molecule has 0 amide bonds. The Balaban J connectivity index is 1.30. The van der Waals surface area contributed by atoms with Crippen LogP contribution in [0.25, 0.3) is 0 Å². The first-order chi connectivity index (χ1) is 19.7. The molecule has 4 aromatic rings. The number of H-pyrrole nitrogens is 4. The largest absolute Gasteiger partial charge is 0.361 e. The molecule has 0 saturated heterocycles. The van der Waals surface area contributed by atoms with Crippen LogP contribution in [0, 0.1) is 0 Å². The highest BCUT2D eigenvalue weighted by molar-refractivity contribution is 5.46. The summed E-state index contributed by atoms with van der Waals surface area (Å²) in [7, 11) is 0. The molecule has 0 aromatic carbocycles.